The van der Waals surface area contributed by atoms with Gasteiger partial charge in [-0.2, -0.15) is 0 Å². The van der Waals surface area contributed by atoms with Crippen LogP contribution in [0.4, 0.5) is 31.9 Å². The lowest BCUT2D eigenvalue weighted by Crippen LogP contribution is -2.57. The number of anilines is 4. The first-order chi connectivity index (χ1) is 19.7. The van der Waals surface area contributed by atoms with Crippen LogP contribution < -0.4 is 19.9 Å². The van der Waals surface area contributed by atoms with Crippen molar-refractivity contribution in [2.45, 2.75) is 70.0 Å². The number of hydrogen-bond acceptors (Lipinski definition) is 8. The molecule has 8 nitrogen and oxygen atoms in total. The summed E-state index contributed by atoms with van der Waals surface area (Å²) in [5.74, 6) is -0.175. The summed E-state index contributed by atoms with van der Waals surface area (Å²) in [5.41, 5.74) is 1.93. The number of nitrogens with zero attached hydrogens (tertiary/aromatic N) is 6. The maximum atomic E-state index is 15.4. The number of nitrogens with one attached hydrogen (secondary N) is 1. The van der Waals surface area contributed by atoms with Crippen molar-refractivity contribution >= 4 is 23.1 Å². The van der Waals surface area contributed by atoms with Gasteiger partial charge in [0.2, 0.25) is 5.95 Å². The van der Waals surface area contributed by atoms with Crippen molar-refractivity contribution in [1.29, 1.82) is 0 Å². The molecule has 2 fully saturated rings. The van der Waals surface area contributed by atoms with Gasteiger partial charge in [-0.25, -0.2) is 23.7 Å². The van der Waals surface area contributed by atoms with Crippen LogP contribution in [0.15, 0.2) is 36.7 Å². The molecule has 3 aromatic rings. The SMILES string of the molecule is CC(C)N1c2cc(-c3nc(Nc4ccc(N5CCC(N(C)C)CC5)cn4)ncc3F)cc(F)c2OCC12CCCC2. The predicted octanol–water partition coefficient (Wildman–Crippen LogP) is 6.01. The minimum Gasteiger partial charge on any atom is -0.486 e. The van der Waals surface area contributed by atoms with E-state index in [0.717, 1.165) is 63.5 Å². The first kappa shape index (κ1) is 27.6. The number of pyridine rings is 1. The van der Waals surface area contributed by atoms with Gasteiger partial charge in [0.25, 0.3) is 0 Å². The molecule has 218 valence electrons. The molecule has 1 aromatic carbocycles. The van der Waals surface area contributed by atoms with Gasteiger partial charge in [0.1, 0.15) is 18.1 Å². The van der Waals surface area contributed by atoms with E-state index in [0.29, 0.717) is 29.7 Å². The summed E-state index contributed by atoms with van der Waals surface area (Å²) in [4.78, 5) is 20.0. The van der Waals surface area contributed by atoms with Gasteiger partial charge in [-0.3, -0.25) is 0 Å². The Kier molecular flexibility index (Phi) is 7.44. The van der Waals surface area contributed by atoms with E-state index in [1.807, 2.05) is 18.3 Å². The summed E-state index contributed by atoms with van der Waals surface area (Å²) >= 11 is 0. The maximum Gasteiger partial charge on any atom is 0.229 e. The fourth-order valence-corrected chi connectivity index (χ4v) is 6.85. The highest BCUT2D eigenvalue weighted by atomic mass is 19.1. The Balaban J connectivity index is 1.24. The summed E-state index contributed by atoms with van der Waals surface area (Å²) in [6, 6.07) is 7.74. The summed E-state index contributed by atoms with van der Waals surface area (Å²) in [5, 5.41) is 3.08. The van der Waals surface area contributed by atoms with Crippen molar-refractivity contribution in [2.75, 3.05) is 48.9 Å². The van der Waals surface area contributed by atoms with Crippen LogP contribution in [0.5, 0.6) is 5.75 Å². The summed E-state index contributed by atoms with van der Waals surface area (Å²) in [6.45, 7) is 6.65. The van der Waals surface area contributed by atoms with Crippen LogP contribution in [-0.2, 0) is 0 Å². The number of halogens is 2. The lowest BCUT2D eigenvalue weighted by atomic mass is 9.91. The van der Waals surface area contributed by atoms with Gasteiger partial charge in [-0.15, -0.1) is 0 Å². The number of hydrogen-bond donors (Lipinski definition) is 1. The third-order valence-corrected chi connectivity index (χ3v) is 8.90. The van der Waals surface area contributed by atoms with E-state index in [1.54, 1.807) is 6.07 Å². The van der Waals surface area contributed by atoms with Gasteiger partial charge in [-0.05, 0) is 77.9 Å². The Morgan fingerprint density at radius 1 is 1.02 bits per heavy atom. The Morgan fingerprint density at radius 2 is 1.78 bits per heavy atom. The van der Waals surface area contributed by atoms with Gasteiger partial charge in [0.15, 0.2) is 17.4 Å². The van der Waals surface area contributed by atoms with E-state index in [9.17, 15) is 0 Å². The topological polar surface area (TPSA) is 69.7 Å². The number of piperidine rings is 1. The molecule has 2 aromatic heterocycles. The first-order valence-electron chi connectivity index (χ1n) is 14.7. The molecule has 10 heteroatoms. The van der Waals surface area contributed by atoms with Crippen LogP contribution >= 0.6 is 0 Å². The summed E-state index contributed by atoms with van der Waals surface area (Å²) in [6.07, 6.45) is 9.39. The van der Waals surface area contributed by atoms with Crippen LogP contribution in [0.3, 0.4) is 0 Å². The molecule has 4 heterocycles. The van der Waals surface area contributed by atoms with Crippen LogP contribution in [0.25, 0.3) is 11.3 Å². The minimum absolute atomic E-state index is 0.0272. The molecule has 41 heavy (non-hydrogen) atoms. The van der Waals surface area contributed by atoms with Crippen LogP contribution in [-0.4, -0.2) is 71.3 Å². The predicted molar refractivity (Wildman–Crippen MR) is 158 cm³/mol. The molecule has 0 bridgehead atoms. The number of rotatable bonds is 6. The molecule has 0 radical (unpaired) electrons. The summed E-state index contributed by atoms with van der Waals surface area (Å²) < 4.78 is 36.5. The van der Waals surface area contributed by atoms with Crippen molar-refractivity contribution < 1.29 is 13.5 Å². The van der Waals surface area contributed by atoms with Crippen molar-refractivity contribution in [3.63, 3.8) is 0 Å². The van der Waals surface area contributed by atoms with Crippen molar-refractivity contribution in [3.8, 4) is 17.0 Å². The molecule has 3 aliphatic rings. The van der Waals surface area contributed by atoms with E-state index < -0.39 is 11.6 Å². The molecular weight excluding hydrogens is 524 g/mol. The fourth-order valence-electron chi connectivity index (χ4n) is 6.85. The second-order valence-corrected chi connectivity index (χ2v) is 12.1. The van der Waals surface area contributed by atoms with Crippen LogP contribution in [0.2, 0.25) is 0 Å². The van der Waals surface area contributed by atoms with E-state index >= 15 is 8.78 Å². The molecule has 1 N–H and O–H groups in total. The van der Waals surface area contributed by atoms with E-state index in [2.05, 4.69) is 62.9 Å². The smallest absolute Gasteiger partial charge is 0.229 e. The molecule has 1 aliphatic carbocycles. The molecule has 1 saturated carbocycles. The van der Waals surface area contributed by atoms with Crippen LogP contribution in [0.1, 0.15) is 52.4 Å². The van der Waals surface area contributed by atoms with Gasteiger partial charge >= 0.3 is 0 Å². The number of aromatic nitrogens is 3. The van der Waals surface area contributed by atoms with Crippen molar-refractivity contribution in [2.24, 2.45) is 0 Å². The molecule has 0 atom stereocenters. The zero-order valence-electron chi connectivity index (χ0n) is 24.3. The second kappa shape index (κ2) is 11.0. The molecule has 1 spiro atoms. The van der Waals surface area contributed by atoms with Gasteiger partial charge in [0.05, 0.1) is 29.3 Å². The molecule has 1 saturated heterocycles. The lowest BCUT2D eigenvalue weighted by molar-refractivity contribution is 0.175. The Labute approximate surface area is 240 Å². The van der Waals surface area contributed by atoms with Crippen molar-refractivity contribution in [1.82, 2.24) is 19.9 Å². The highest BCUT2D eigenvalue weighted by Crippen LogP contribution is 2.49. The highest BCUT2D eigenvalue weighted by Gasteiger charge is 2.46. The zero-order chi connectivity index (χ0) is 28.7. The number of benzene rings is 1. The molecule has 0 amide bonds. The third kappa shape index (κ3) is 5.29. The van der Waals surface area contributed by atoms with Gasteiger partial charge in [-0.1, -0.05) is 12.8 Å². The zero-order valence-corrected chi connectivity index (χ0v) is 24.3. The van der Waals surface area contributed by atoms with E-state index in [1.165, 1.54) is 6.07 Å². The number of fused-ring (bicyclic) bond motifs is 1. The quantitative estimate of drug-likeness (QED) is 0.391. The fraction of sp³-hybridized carbons (Fsp3) is 0.516. The molecule has 0 unspecified atom stereocenters. The second-order valence-electron chi connectivity index (χ2n) is 12.1. The average Bonchev–Trinajstić information content (AvgIpc) is 3.42. The lowest BCUT2D eigenvalue weighted by Gasteiger charge is -2.49. The van der Waals surface area contributed by atoms with Gasteiger partial charge < -0.3 is 24.8 Å². The Hall–Kier alpha value is -3.53. The maximum absolute atomic E-state index is 15.4. The molecule has 2 aliphatic heterocycles. The monoisotopic (exact) mass is 563 g/mol. The Morgan fingerprint density at radius 3 is 2.44 bits per heavy atom. The van der Waals surface area contributed by atoms with Gasteiger partial charge in [0, 0.05) is 30.7 Å². The van der Waals surface area contributed by atoms with Crippen molar-refractivity contribution in [3.05, 3.63) is 48.3 Å². The third-order valence-electron chi connectivity index (χ3n) is 8.90. The Bertz CT molecular complexity index is 1380. The number of ether oxygens (including phenoxy) is 1. The largest absolute Gasteiger partial charge is 0.486 e. The summed E-state index contributed by atoms with van der Waals surface area (Å²) in [7, 11) is 4.27. The first-order valence-corrected chi connectivity index (χ1v) is 14.7. The highest BCUT2D eigenvalue weighted by molar-refractivity contribution is 5.74. The molecular formula is C31H39F2N7O. The minimum atomic E-state index is -0.622. The van der Waals surface area contributed by atoms with E-state index in [-0.39, 0.29) is 29.0 Å². The standard InChI is InChI=1S/C31H39F2N7O/c1-20(2)40-26-16-21(15-24(32)29(26)41-19-31(40)11-5-6-12-31)28-25(33)18-35-30(37-28)36-27-8-7-23(17-34-27)39-13-9-22(10-14-39)38(3)4/h7-8,15-18,20,22H,5-6,9-14,19H2,1-4H3,(H,34,35,36,37). The normalized spacial score (nSPS) is 18.7. The molecule has 6 rings (SSSR count). The van der Waals surface area contributed by atoms with E-state index in [4.69, 9.17) is 4.74 Å². The van der Waals surface area contributed by atoms with Crippen LogP contribution in [0, 0.1) is 11.6 Å². The average molecular weight is 564 g/mol.